The molecule has 10 heteroatoms. The van der Waals surface area contributed by atoms with Gasteiger partial charge < -0.3 is 20.7 Å². The number of carbonyl (C=O) groups is 2. The molecular formula is C20H23F3N4O3. The van der Waals surface area contributed by atoms with Crippen molar-refractivity contribution in [3.05, 3.63) is 48.2 Å². The Bertz CT molecular complexity index is 896. The maximum absolute atomic E-state index is 13.1. The number of nitrogens with zero attached hydrogens (tertiary/aromatic N) is 1. The highest BCUT2D eigenvalue weighted by Crippen LogP contribution is 2.32. The number of hydrogen-bond donors (Lipinski definition) is 3. The van der Waals surface area contributed by atoms with Gasteiger partial charge in [-0.05, 0) is 52.0 Å². The molecule has 7 nitrogen and oxygen atoms in total. The Labute approximate surface area is 172 Å². The second kappa shape index (κ2) is 9.02. The highest BCUT2D eigenvalue weighted by atomic mass is 19.4. The van der Waals surface area contributed by atoms with E-state index >= 15 is 0 Å². The van der Waals surface area contributed by atoms with Crippen molar-refractivity contribution >= 4 is 29.2 Å². The van der Waals surface area contributed by atoms with Crippen molar-refractivity contribution in [3.8, 4) is 0 Å². The fraction of sp³-hybridized carbons (Fsp3) is 0.350. The maximum atomic E-state index is 13.1. The molecular weight excluding hydrogens is 401 g/mol. The molecule has 2 aromatic rings. The summed E-state index contributed by atoms with van der Waals surface area (Å²) >= 11 is 0. The number of hydrogen-bond acceptors (Lipinski definition) is 5. The van der Waals surface area contributed by atoms with Crippen LogP contribution < -0.4 is 16.0 Å². The zero-order valence-corrected chi connectivity index (χ0v) is 16.9. The average Bonchev–Trinajstić information content (AvgIpc) is 2.61. The Morgan fingerprint density at radius 2 is 1.67 bits per heavy atom. The number of aromatic nitrogens is 1. The number of halogens is 3. The molecule has 1 heterocycles. The molecule has 2 rings (SSSR count). The van der Waals surface area contributed by atoms with Crippen molar-refractivity contribution in [2.24, 2.45) is 0 Å². The number of carbonyl (C=O) groups excluding carboxylic acids is 2. The van der Waals surface area contributed by atoms with Gasteiger partial charge in [0.15, 0.2) is 5.82 Å². The molecule has 0 unspecified atom stereocenters. The molecule has 0 aliphatic heterocycles. The van der Waals surface area contributed by atoms with Gasteiger partial charge in [-0.2, -0.15) is 13.2 Å². The van der Waals surface area contributed by atoms with E-state index in [0.717, 1.165) is 12.1 Å². The van der Waals surface area contributed by atoms with E-state index in [0.29, 0.717) is 5.69 Å². The molecule has 1 aromatic heterocycles. The van der Waals surface area contributed by atoms with E-state index in [1.165, 1.54) is 6.92 Å². The van der Waals surface area contributed by atoms with Crippen molar-refractivity contribution in [2.75, 3.05) is 10.6 Å². The Morgan fingerprint density at radius 3 is 2.23 bits per heavy atom. The number of rotatable bonds is 5. The summed E-state index contributed by atoms with van der Waals surface area (Å²) in [6.07, 6.45) is -5.44. The van der Waals surface area contributed by atoms with Crippen LogP contribution in [0.15, 0.2) is 42.5 Å². The molecule has 0 fully saturated rings. The first-order valence-electron chi connectivity index (χ1n) is 9.06. The monoisotopic (exact) mass is 424 g/mol. The van der Waals surface area contributed by atoms with E-state index in [4.69, 9.17) is 4.74 Å². The summed E-state index contributed by atoms with van der Waals surface area (Å²) in [7, 11) is 0. The molecule has 0 bridgehead atoms. The predicted molar refractivity (Wildman–Crippen MR) is 106 cm³/mol. The number of ether oxygens (including phenoxy) is 1. The largest absolute Gasteiger partial charge is 0.444 e. The Hall–Kier alpha value is -3.30. The third kappa shape index (κ3) is 6.94. The van der Waals surface area contributed by atoms with Crippen LogP contribution in [0.1, 0.15) is 33.4 Å². The van der Waals surface area contributed by atoms with E-state index < -0.39 is 35.5 Å². The maximum Gasteiger partial charge on any atom is 0.433 e. The third-order valence-electron chi connectivity index (χ3n) is 3.61. The van der Waals surface area contributed by atoms with Crippen LogP contribution in [-0.4, -0.2) is 28.6 Å². The van der Waals surface area contributed by atoms with E-state index in [1.54, 1.807) is 51.1 Å². The van der Waals surface area contributed by atoms with Gasteiger partial charge in [0.2, 0.25) is 5.91 Å². The van der Waals surface area contributed by atoms with Gasteiger partial charge >= 0.3 is 12.3 Å². The van der Waals surface area contributed by atoms with E-state index in [2.05, 4.69) is 20.9 Å². The molecule has 30 heavy (non-hydrogen) atoms. The van der Waals surface area contributed by atoms with Crippen molar-refractivity contribution in [2.45, 2.75) is 45.5 Å². The van der Waals surface area contributed by atoms with Crippen LogP contribution in [-0.2, 0) is 15.7 Å². The Morgan fingerprint density at radius 1 is 1.03 bits per heavy atom. The lowest BCUT2D eigenvalue weighted by molar-refractivity contribution is -0.141. The first-order chi connectivity index (χ1) is 13.8. The number of anilines is 3. The molecule has 0 saturated heterocycles. The highest BCUT2D eigenvalue weighted by Gasteiger charge is 2.33. The van der Waals surface area contributed by atoms with Gasteiger partial charge in [-0.1, -0.05) is 18.2 Å². The minimum Gasteiger partial charge on any atom is -0.444 e. The molecule has 1 aromatic carbocycles. The summed E-state index contributed by atoms with van der Waals surface area (Å²) in [5.41, 5.74) is -1.35. The number of alkyl halides is 3. The molecule has 0 saturated carbocycles. The standard InChI is InChI=1S/C20H23F3N4O3/c1-12(24-18(29)30-19(2,3)4)17(28)26-14-10-11-15(20(21,22)23)27-16(14)25-13-8-6-5-7-9-13/h5-12H,1-4H3,(H,24,29)(H,25,27)(H,26,28)/t12-/m0/s1. The minimum atomic E-state index is -4.65. The summed E-state index contributed by atoms with van der Waals surface area (Å²) in [6, 6.07) is 9.27. The third-order valence-corrected chi connectivity index (χ3v) is 3.61. The lowest BCUT2D eigenvalue weighted by atomic mass is 10.2. The molecule has 3 N–H and O–H groups in total. The highest BCUT2D eigenvalue weighted by molar-refractivity contribution is 5.98. The zero-order valence-electron chi connectivity index (χ0n) is 16.9. The van der Waals surface area contributed by atoms with Crippen molar-refractivity contribution < 1.29 is 27.5 Å². The topological polar surface area (TPSA) is 92.3 Å². The number of alkyl carbamates (subject to hydrolysis) is 1. The molecule has 0 spiro atoms. The van der Waals surface area contributed by atoms with Crippen molar-refractivity contribution in [1.82, 2.24) is 10.3 Å². The van der Waals surface area contributed by atoms with Crippen LogP contribution in [0.4, 0.5) is 35.2 Å². The van der Waals surface area contributed by atoms with Gasteiger partial charge in [0.25, 0.3) is 0 Å². The van der Waals surface area contributed by atoms with Gasteiger partial charge in [0.1, 0.15) is 17.3 Å². The van der Waals surface area contributed by atoms with Gasteiger partial charge in [-0.3, -0.25) is 4.79 Å². The molecule has 2 amide bonds. The first kappa shape index (κ1) is 23.0. The van der Waals surface area contributed by atoms with Crippen molar-refractivity contribution in [3.63, 3.8) is 0 Å². The predicted octanol–water partition coefficient (Wildman–Crippen LogP) is 4.70. The van der Waals surface area contributed by atoms with Crippen LogP contribution in [0.3, 0.4) is 0 Å². The van der Waals surface area contributed by atoms with Gasteiger partial charge in [-0.25, -0.2) is 9.78 Å². The Balaban J connectivity index is 2.20. The second-order valence-electron chi connectivity index (χ2n) is 7.44. The van der Waals surface area contributed by atoms with Crippen molar-refractivity contribution in [1.29, 1.82) is 0 Å². The smallest absolute Gasteiger partial charge is 0.433 e. The van der Waals surface area contributed by atoms with E-state index in [9.17, 15) is 22.8 Å². The number of nitrogens with one attached hydrogen (secondary N) is 3. The van der Waals surface area contributed by atoms with Crippen LogP contribution in [0.2, 0.25) is 0 Å². The van der Waals surface area contributed by atoms with Crippen LogP contribution in [0.25, 0.3) is 0 Å². The lowest BCUT2D eigenvalue weighted by Gasteiger charge is -2.22. The molecule has 0 aliphatic carbocycles. The molecule has 162 valence electrons. The number of amides is 2. The fourth-order valence-electron chi connectivity index (χ4n) is 2.26. The normalized spacial score (nSPS) is 12.6. The number of para-hydroxylation sites is 1. The summed E-state index contributed by atoms with van der Waals surface area (Å²) in [5.74, 6) is -0.840. The van der Waals surface area contributed by atoms with Crippen LogP contribution in [0.5, 0.6) is 0 Å². The average molecular weight is 424 g/mol. The zero-order chi connectivity index (χ0) is 22.5. The quantitative estimate of drug-likeness (QED) is 0.647. The Kier molecular flexibility index (Phi) is 6.91. The lowest BCUT2D eigenvalue weighted by Crippen LogP contribution is -2.44. The van der Waals surface area contributed by atoms with Gasteiger partial charge in [0.05, 0.1) is 5.69 Å². The summed E-state index contributed by atoms with van der Waals surface area (Å²) in [5, 5.41) is 7.61. The molecule has 1 atom stereocenters. The molecule has 0 radical (unpaired) electrons. The number of benzene rings is 1. The summed E-state index contributed by atoms with van der Waals surface area (Å²) < 4.78 is 44.3. The first-order valence-corrected chi connectivity index (χ1v) is 9.06. The summed E-state index contributed by atoms with van der Waals surface area (Å²) in [6.45, 7) is 6.44. The van der Waals surface area contributed by atoms with E-state index in [-0.39, 0.29) is 11.5 Å². The van der Waals surface area contributed by atoms with Gasteiger partial charge in [0, 0.05) is 5.69 Å². The van der Waals surface area contributed by atoms with Crippen LogP contribution in [0, 0.1) is 0 Å². The van der Waals surface area contributed by atoms with Crippen LogP contribution >= 0.6 is 0 Å². The van der Waals surface area contributed by atoms with Gasteiger partial charge in [-0.15, -0.1) is 0 Å². The van der Waals surface area contributed by atoms with E-state index in [1.807, 2.05) is 0 Å². The number of pyridine rings is 1. The summed E-state index contributed by atoms with van der Waals surface area (Å²) in [4.78, 5) is 27.9. The SMILES string of the molecule is C[C@H](NC(=O)OC(C)(C)C)C(=O)Nc1ccc(C(F)(F)F)nc1Nc1ccccc1. The molecule has 0 aliphatic rings. The second-order valence-corrected chi connectivity index (χ2v) is 7.44. The fourth-order valence-corrected chi connectivity index (χ4v) is 2.26. The minimum absolute atomic E-state index is 0.0229.